The average Bonchev–Trinajstić information content (AvgIpc) is 2.39. The lowest BCUT2D eigenvalue weighted by atomic mass is 10.2. The molecule has 5 nitrogen and oxygen atoms in total. The molecule has 0 saturated carbocycles. The van der Waals surface area contributed by atoms with Crippen LogP contribution in [0.5, 0.6) is 0 Å². The van der Waals surface area contributed by atoms with Crippen LogP contribution in [0.2, 0.25) is 0 Å². The van der Waals surface area contributed by atoms with Gasteiger partial charge in [0, 0.05) is 26.0 Å². The number of hydrogen-bond donors (Lipinski definition) is 1. The van der Waals surface area contributed by atoms with Gasteiger partial charge in [-0.05, 0) is 17.7 Å². The molecule has 1 rings (SSSR count). The Bertz CT molecular complexity index is 553. The number of aliphatic imine (C=N–C) groups is 1. The van der Waals surface area contributed by atoms with Crippen LogP contribution in [0.1, 0.15) is 5.56 Å². The van der Waals surface area contributed by atoms with Gasteiger partial charge in [0.15, 0.2) is 5.70 Å². The van der Waals surface area contributed by atoms with Gasteiger partial charge in [0.25, 0.3) is 0 Å². The van der Waals surface area contributed by atoms with Gasteiger partial charge < -0.3 is 10.6 Å². The average molecular weight is 239 g/mol. The number of anilines is 1. The van der Waals surface area contributed by atoms with E-state index in [9.17, 15) is 0 Å². The molecule has 0 saturated heterocycles. The molecule has 0 aliphatic carbocycles. The molecule has 0 unspecified atom stereocenters. The van der Waals surface area contributed by atoms with E-state index in [1.807, 2.05) is 43.3 Å². The summed E-state index contributed by atoms with van der Waals surface area (Å²) < 4.78 is 0. The molecule has 0 fully saturated rings. The highest BCUT2D eigenvalue weighted by atomic mass is 15.1. The maximum atomic E-state index is 8.76. The van der Waals surface area contributed by atoms with E-state index in [0.29, 0.717) is 0 Å². The normalized spacial score (nSPS) is 11.6. The first-order valence-electron chi connectivity index (χ1n) is 5.20. The van der Waals surface area contributed by atoms with Crippen molar-refractivity contribution in [2.24, 2.45) is 10.7 Å². The lowest BCUT2D eigenvalue weighted by Gasteiger charge is -2.11. The molecular formula is C13H13N5. The number of nitriles is 2. The van der Waals surface area contributed by atoms with Crippen LogP contribution in [-0.2, 0) is 0 Å². The Morgan fingerprint density at radius 3 is 2.28 bits per heavy atom. The molecule has 0 aliphatic heterocycles. The van der Waals surface area contributed by atoms with Crippen LogP contribution in [0.25, 0.3) is 0 Å². The summed E-state index contributed by atoms with van der Waals surface area (Å²) in [5.74, 6) is 0. The van der Waals surface area contributed by atoms with Crippen LogP contribution in [0, 0.1) is 22.7 Å². The van der Waals surface area contributed by atoms with E-state index in [-0.39, 0.29) is 11.4 Å². The van der Waals surface area contributed by atoms with Crippen LogP contribution >= 0.6 is 0 Å². The first kappa shape index (κ1) is 13.3. The number of benzene rings is 1. The summed E-state index contributed by atoms with van der Waals surface area (Å²) in [6, 6.07) is 11.1. The Balaban J connectivity index is 2.93. The van der Waals surface area contributed by atoms with Crippen LogP contribution in [-0.4, -0.2) is 20.3 Å². The number of rotatable bonds is 3. The fourth-order valence-electron chi connectivity index (χ4n) is 1.21. The standard InChI is InChI=1S/C13H13N5/c1-18(2)11-5-3-10(4-6-11)9-17-13(8-15)12(16)7-14/h3-6,9H,16H2,1-2H3/b13-12+,17-9+. The minimum atomic E-state index is -0.182. The van der Waals surface area contributed by atoms with E-state index in [2.05, 4.69) is 4.99 Å². The van der Waals surface area contributed by atoms with Crippen molar-refractivity contribution in [3.05, 3.63) is 41.2 Å². The minimum Gasteiger partial charge on any atom is -0.388 e. The van der Waals surface area contributed by atoms with Gasteiger partial charge in [-0.1, -0.05) is 12.1 Å². The fourth-order valence-corrected chi connectivity index (χ4v) is 1.21. The summed E-state index contributed by atoms with van der Waals surface area (Å²) in [4.78, 5) is 5.87. The van der Waals surface area contributed by atoms with Gasteiger partial charge in [0.05, 0.1) is 0 Å². The summed E-state index contributed by atoms with van der Waals surface area (Å²) in [5.41, 5.74) is 6.98. The Labute approximate surface area is 106 Å². The summed E-state index contributed by atoms with van der Waals surface area (Å²) in [7, 11) is 3.90. The molecule has 1 aromatic carbocycles. The van der Waals surface area contributed by atoms with Crippen molar-refractivity contribution in [3.63, 3.8) is 0 Å². The second-order valence-corrected chi connectivity index (χ2v) is 3.73. The highest BCUT2D eigenvalue weighted by Crippen LogP contribution is 2.11. The monoisotopic (exact) mass is 239 g/mol. The van der Waals surface area contributed by atoms with Crippen LogP contribution in [0.4, 0.5) is 5.69 Å². The third kappa shape index (κ3) is 3.36. The topological polar surface area (TPSA) is 89.2 Å². The summed E-state index contributed by atoms with van der Waals surface area (Å²) in [6.45, 7) is 0. The zero-order valence-electron chi connectivity index (χ0n) is 10.3. The van der Waals surface area contributed by atoms with Gasteiger partial charge in [-0.25, -0.2) is 4.99 Å². The number of nitrogens with zero attached hydrogens (tertiary/aromatic N) is 4. The predicted octanol–water partition coefficient (Wildman–Crippen LogP) is 1.39. The van der Waals surface area contributed by atoms with E-state index in [1.54, 1.807) is 12.1 Å². The van der Waals surface area contributed by atoms with Gasteiger partial charge in [-0.3, -0.25) is 0 Å². The quantitative estimate of drug-likeness (QED) is 0.637. The van der Waals surface area contributed by atoms with E-state index in [4.69, 9.17) is 16.3 Å². The van der Waals surface area contributed by atoms with Crippen molar-refractivity contribution in [2.45, 2.75) is 0 Å². The first-order valence-corrected chi connectivity index (χ1v) is 5.20. The number of allylic oxidation sites excluding steroid dienone is 2. The van der Waals surface area contributed by atoms with Crippen LogP contribution in [0.3, 0.4) is 0 Å². The minimum absolute atomic E-state index is 0.0748. The molecule has 0 aromatic heterocycles. The molecule has 5 heteroatoms. The second kappa shape index (κ2) is 6.07. The lowest BCUT2D eigenvalue weighted by molar-refractivity contribution is 1.13. The highest BCUT2D eigenvalue weighted by molar-refractivity contribution is 5.81. The van der Waals surface area contributed by atoms with Gasteiger partial charge >= 0.3 is 0 Å². The van der Waals surface area contributed by atoms with Gasteiger partial charge in [0.1, 0.15) is 17.8 Å². The van der Waals surface area contributed by atoms with Gasteiger partial charge in [-0.15, -0.1) is 0 Å². The molecule has 0 spiro atoms. The third-order valence-electron chi connectivity index (χ3n) is 2.23. The summed E-state index contributed by atoms with van der Waals surface area (Å²) >= 11 is 0. The largest absolute Gasteiger partial charge is 0.388 e. The van der Waals surface area contributed by atoms with Crippen LogP contribution < -0.4 is 10.6 Å². The zero-order chi connectivity index (χ0) is 13.5. The van der Waals surface area contributed by atoms with Crippen molar-refractivity contribution in [3.8, 4) is 12.1 Å². The Morgan fingerprint density at radius 1 is 1.22 bits per heavy atom. The van der Waals surface area contributed by atoms with E-state index in [1.165, 1.54) is 6.21 Å². The van der Waals surface area contributed by atoms with Gasteiger partial charge in [0.2, 0.25) is 0 Å². The first-order chi connectivity index (χ1) is 8.58. The van der Waals surface area contributed by atoms with E-state index in [0.717, 1.165) is 11.3 Å². The molecule has 1 aromatic rings. The van der Waals surface area contributed by atoms with E-state index >= 15 is 0 Å². The summed E-state index contributed by atoms with van der Waals surface area (Å²) in [6.07, 6.45) is 1.50. The molecule has 0 aliphatic rings. The molecule has 90 valence electrons. The predicted molar refractivity (Wildman–Crippen MR) is 70.8 cm³/mol. The third-order valence-corrected chi connectivity index (χ3v) is 2.23. The molecule has 0 bridgehead atoms. The molecule has 0 amide bonds. The fraction of sp³-hybridized carbons (Fsp3) is 0.154. The molecule has 18 heavy (non-hydrogen) atoms. The van der Waals surface area contributed by atoms with Crippen molar-refractivity contribution in [1.82, 2.24) is 0 Å². The van der Waals surface area contributed by atoms with Crippen molar-refractivity contribution in [2.75, 3.05) is 19.0 Å². The SMILES string of the molecule is CN(C)c1ccc(/C=N/C(C#N)=C(/N)C#N)cc1. The van der Waals surface area contributed by atoms with Gasteiger partial charge in [-0.2, -0.15) is 10.5 Å². The zero-order valence-corrected chi connectivity index (χ0v) is 10.3. The van der Waals surface area contributed by atoms with Crippen molar-refractivity contribution in [1.29, 1.82) is 10.5 Å². The van der Waals surface area contributed by atoms with E-state index < -0.39 is 0 Å². The summed E-state index contributed by atoms with van der Waals surface area (Å²) in [5, 5.41) is 17.3. The maximum Gasteiger partial charge on any atom is 0.174 e. The smallest absolute Gasteiger partial charge is 0.174 e. The molecule has 0 heterocycles. The Kier molecular flexibility index (Phi) is 4.48. The highest BCUT2D eigenvalue weighted by Gasteiger charge is 1.99. The lowest BCUT2D eigenvalue weighted by Crippen LogP contribution is -2.08. The van der Waals surface area contributed by atoms with Crippen molar-refractivity contribution >= 4 is 11.9 Å². The van der Waals surface area contributed by atoms with Crippen LogP contribution in [0.15, 0.2) is 40.7 Å². The van der Waals surface area contributed by atoms with Crippen molar-refractivity contribution < 1.29 is 0 Å². The molecular weight excluding hydrogens is 226 g/mol. The number of hydrogen-bond acceptors (Lipinski definition) is 5. The number of nitrogens with two attached hydrogens (primary N) is 1. The second-order valence-electron chi connectivity index (χ2n) is 3.73. The molecule has 0 radical (unpaired) electrons. The molecule has 0 atom stereocenters. The Hall–Kier alpha value is -2.79. The maximum absolute atomic E-state index is 8.76. The molecule has 2 N–H and O–H groups in total. The Morgan fingerprint density at radius 2 is 1.83 bits per heavy atom.